The fourth-order valence-electron chi connectivity index (χ4n) is 3.41. The first kappa shape index (κ1) is 11.1. The number of carbonyl (C=O) groups is 1. The van der Waals surface area contributed by atoms with Crippen LogP contribution in [0.3, 0.4) is 0 Å². The van der Waals surface area contributed by atoms with Gasteiger partial charge in [-0.25, -0.2) is 0 Å². The van der Waals surface area contributed by atoms with Crippen LogP contribution in [0.5, 0.6) is 0 Å². The van der Waals surface area contributed by atoms with Gasteiger partial charge in [-0.2, -0.15) is 0 Å². The summed E-state index contributed by atoms with van der Waals surface area (Å²) in [6.45, 7) is 2.18. The molecule has 2 nitrogen and oxygen atoms in total. The van der Waals surface area contributed by atoms with Crippen molar-refractivity contribution in [1.29, 1.82) is 0 Å². The summed E-state index contributed by atoms with van der Waals surface area (Å²) in [5.74, 6) is 1.12. The summed E-state index contributed by atoms with van der Waals surface area (Å²) in [6, 6.07) is 0. The summed E-state index contributed by atoms with van der Waals surface area (Å²) in [5.41, 5.74) is -0.0740. The smallest absolute Gasteiger partial charge is 0.139 e. The molecule has 3 atom stereocenters. The molecule has 0 N–H and O–H groups in total. The Bertz CT molecular complexity index is 249. The zero-order valence-electron chi connectivity index (χ0n) is 9.92. The van der Waals surface area contributed by atoms with Gasteiger partial charge in [-0.15, -0.1) is 0 Å². The van der Waals surface area contributed by atoms with Gasteiger partial charge in [-0.05, 0) is 38.0 Å². The van der Waals surface area contributed by atoms with Crippen LogP contribution in [0.15, 0.2) is 0 Å². The van der Waals surface area contributed by atoms with Crippen LogP contribution >= 0.6 is 0 Å². The minimum Gasteiger partial charge on any atom is -0.381 e. The van der Waals surface area contributed by atoms with E-state index in [-0.39, 0.29) is 5.41 Å². The molecule has 2 saturated carbocycles. The molecule has 0 amide bonds. The molecule has 0 aromatic carbocycles. The van der Waals surface area contributed by atoms with E-state index in [9.17, 15) is 4.79 Å². The molecule has 0 heterocycles. The Hall–Kier alpha value is -0.370. The minimum absolute atomic E-state index is 0.0740. The molecule has 2 aliphatic rings. The third-order valence-electron chi connectivity index (χ3n) is 4.57. The van der Waals surface area contributed by atoms with Gasteiger partial charge in [-0.1, -0.05) is 13.3 Å². The summed E-state index contributed by atoms with van der Waals surface area (Å²) >= 11 is 0. The number of Topliss-reactive ketones (excluding diaryl/α,β-unsaturated/α-hetero) is 1. The van der Waals surface area contributed by atoms with Crippen LogP contribution in [0.4, 0.5) is 0 Å². The molecule has 0 saturated heterocycles. The average molecular weight is 210 g/mol. The Morgan fingerprint density at radius 3 is 2.80 bits per heavy atom. The number of rotatable bonds is 1. The molecule has 2 rings (SSSR count). The van der Waals surface area contributed by atoms with Gasteiger partial charge in [0.1, 0.15) is 5.78 Å². The third-order valence-corrected chi connectivity index (χ3v) is 4.57. The molecule has 0 aromatic heterocycles. The van der Waals surface area contributed by atoms with Crippen molar-refractivity contribution in [2.75, 3.05) is 7.11 Å². The molecular formula is C13H22O2. The first-order valence-corrected chi connectivity index (χ1v) is 6.23. The van der Waals surface area contributed by atoms with Gasteiger partial charge < -0.3 is 4.74 Å². The van der Waals surface area contributed by atoms with E-state index in [0.29, 0.717) is 17.8 Å². The first-order valence-electron chi connectivity index (χ1n) is 6.23. The lowest BCUT2D eigenvalue weighted by atomic mass is 9.63. The maximum absolute atomic E-state index is 12.2. The van der Waals surface area contributed by atoms with E-state index in [4.69, 9.17) is 4.74 Å². The van der Waals surface area contributed by atoms with Crippen molar-refractivity contribution in [2.24, 2.45) is 11.3 Å². The zero-order chi connectivity index (χ0) is 10.9. The molecule has 86 valence electrons. The van der Waals surface area contributed by atoms with Crippen LogP contribution in [0.25, 0.3) is 0 Å². The van der Waals surface area contributed by atoms with Crippen LogP contribution in [-0.4, -0.2) is 19.0 Å². The van der Waals surface area contributed by atoms with Gasteiger partial charge in [0.15, 0.2) is 0 Å². The highest BCUT2D eigenvalue weighted by Gasteiger charge is 2.45. The number of methoxy groups -OCH3 is 1. The van der Waals surface area contributed by atoms with E-state index in [0.717, 1.165) is 25.7 Å². The number of ether oxygens (including phenoxy) is 1. The van der Waals surface area contributed by atoms with Gasteiger partial charge in [0.05, 0.1) is 6.10 Å². The van der Waals surface area contributed by atoms with Crippen molar-refractivity contribution in [3.63, 3.8) is 0 Å². The molecule has 2 heteroatoms. The number of fused-ring (bicyclic) bond motifs is 1. The molecule has 0 radical (unpaired) electrons. The fraction of sp³-hybridized carbons (Fsp3) is 0.923. The van der Waals surface area contributed by atoms with Crippen LogP contribution in [0, 0.1) is 11.3 Å². The highest BCUT2D eigenvalue weighted by Crippen LogP contribution is 2.47. The van der Waals surface area contributed by atoms with Crippen molar-refractivity contribution in [3.8, 4) is 0 Å². The van der Waals surface area contributed by atoms with Gasteiger partial charge >= 0.3 is 0 Å². The second kappa shape index (κ2) is 4.25. The second-order valence-electron chi connectivity index (χ2n) is 5.42. The lowest BCUT2D eigenvalue weighted by Gasteiger charge is -2.42. The monoisotopic (exact) mass is 210 g/mol. The van der Waals surface area contributed by atoms with Gasteiger partial charge in [0.2, 0.25) is 0 Å². The molecule has 0 aliphatic heterocycles. The predicted molar refractivity (Wildman–Crippen MR) is 59.7 cm³/mol. The molecule has 2 fully saturated rings. The van der Waals surface area contributed by atoms with Crippen molar-refractivity contribution in [1.82, 2.24) is 0 Å². The maximum atomic E-state index is 12.2. The predicted octanol–water partition coefficient (Wildman–Crippen LogP) is 2.95. The summed E-state index contributed by atoms with van der Waals surface area (Å²) in [5, 5.41) is 0. The van der Waals surface area contributed by atoms with Gasteiger partial charge in [0.25, 0.3) is 0 Å². The third kappa shape index (κ3) is 1.96. The van der Waals surface area contributed by atoms with E-state index in [1.165, 1.54) is 19.3 Å². The van der Waals surface area contributed by atoms with Gasteiger partial charge in [0, 0.05) is 18.9 Å². The SMILES string of the molecule is COC1CC[C@@H]2CCCCC(=O)[C@]2(C)C1. The summed E-state index contributed by atoms with van der Waals surface area (Å²) in [4.78, 5) is 12.2. The topological polar surface area (TPSA) is 26.3 Å². The van der Waals surface area contributed by atoms with E-state index < -0.39 is 0 Å². The van der Waals surface area contributed by atoms with E-state index in [1.807, 2.05) is 0 Å². The normalized spacial score (nSPS) is 42.1. The van der Waals surface area contributed by atoms with Gasteiger partial charge in [-0.3, -0.25) is 4.79 Å². The molecule has 2 aliphatic carbocycles. The first-order chi connectivity index (χ1) is 7.16. The standard InChI is InChI=1S/C13H22O2/c1-13-9-11(15-2)8-7-10(13)5-3-4-6-12(13)14/h10-11H,3-9H2,1-2H3/t10-,11?,13+/m0/s1. The lowest BCUT2D eigenvalue weighted by molar-refractivity contribution is -0.136. The van der Waals surface area contributed by atoms with Crippen LogP contribution in [0.2, 0.25) is 0 Å². The van der Waals surface area contributed by atoms with Crippen molar-refractivity contribution in [3.05, 3.63) is 0 Å². The fourth-order valence-corrected chi connectivity index (χ4v) is 3.41. The Balaban J connectivity index is 2.18. The molecule has 0 bridgehead atoms. The molecule has 0 spiro atoms. The summed E-state index contributed by atoms with van der Waals surface area (Å²) in [7, 11) is 1.77. The molecule has 1 unspecified atom stereocenters. The number of hydrogen-bond donors (Lipinski definition) is 0. The molecule has 0 aromatic rings. The van der Waals surface area contributed by atoms with Crippen LogP contribution < -0.4 is 0 Å². The number of carbonyl (C=O) groups excluding carboxylic acids is 1. The second-order valence-corrected chi connectivity index (χ2v) is 5.42. The quantitative estimate of drug-likeness (QED) is 0.665. The van der Waals surface area contributed by atoms with Crippen molar-refractivity contribution >= 4 is 5.78 Å². The van der Waals surface area contributed by atoms with Crippen molar-refractivity contribution < 1.29 is 9.53 Å². The molecule has 15 heavy (non-hydrogen) atoms. The summed E-state index contributed by atoms with van der Waals surface area (Å²) in [6.07, 6.45) is 7.97. The Morgan fingerprint density at radius 2 is 2.07 bits per heavy atom. The number of ketones is 1. The largest absolute Gasteiger partial charge is 0.381 e. The molecular weight excluding hydrogens is 188 g/mol. The maximum Gasteiger partial charge on any atom is 0.139 e. The van der Waals surface area contributed by atoms with E-state index in [1.54, 1.807) is 7.11 Å². The highest BCUT2D eigenvalue weighted by atomic mass is 16.5. The van der Waals surface area contributed by atoms with Crippen LogP contribution in [-0.2, 0) is 9.53 Å². The summed E-state index contributed by atoms with van der Waals surface area (Å²) < 4.78 is 5.44. The minimum atomic E-state index is -0.0740. The van der Waals surface area contributed by atoms with Crippen LogP contribution in [0.1, 0.15) is 51.9 Å². The average Bonchev–Trinajstić information content (AvgIpc) is 2.38. The Labute approximate surface area is 92.4 Å². The van der Waals surface area contributed by atoms with E-state index >= 15 is 0 Å². The Kier molecular flexibility index (Phi) is 3.15. The lowest BCUT2D eigenvalue weighted by Crippen LogP contribution is -2.42. The highest BCUT2D eigenvalue weighted by molar-refractivity contribution is 5.85. The van der Waals surface area contributed by atoms with E-state index in [2.05, 4.69) is 6.92 Å². The zero-order valence-corrected chi connectivity index (χ0v) is 9.92. The van der Waals surface area contributed by atoms with Crippen molar-refractivity contribution in [2.45, 2.75) is 58.0 Å². The number of hydrogen-bond acceptors (Lipinski definition) is 2. The Morgan fingerprint density at radius 1 is 1.27 bits per heavy atom.